The molecular formula is C29H21ClF3N3O2. The molecule has 0 bridgehead atoms. The van der Waals surface area contributed by atoms with Gasteiger partial charge in [-0.1, -0.05) is 54.1 Å². The molecule has 1 aliphatic rings. The molecule has 1 atom stereocenters. The van der Waals surface area contributed by atoms with E-state index in [1.54, 1.807) is 54.6 Å². The number of alkyl halides is 3. The lowest BCUT2D eigenvalue weighted by Gasteiger charge is -2.26. The number of benzene rings is 4. The minimum absolute atomic E-state index is 0.494. The summed E-state index contributed by atoms with van der Waals surface area (Å²) in [7, 11) is 0. The molecule has 0 spiro atoms. The van der Waals surface area contributed by atoms with Gasteiger partial charge in [0.2, 0.25) is 0 Å². The van der Waals surface area contributed by atoms with Gasteiger partial charge in [-0.15, -0.1) is 0 Å². The Labute approximate surface area is 222 Å². The summed E-state index contributed by atoms with van der Waals surface area (Å²) in [6, 6.07) is 26.8. The molecular weight excluding hydrogens is 515 g/mol. The summed E-state index contributed by atoms with van der Waals surface area (Å²) in [5.74, 6) is 1.29. The van der Waals surface area contributed by atoms with Crippen molar-refractivity contribution < 1.29 is 22.7 Å². The molecule has 5 nitrogen and oxygen atoms in total. The molecule has 4 aromatic carbocycles. The minimum atomic E-state index is -4.45. The molecule has 2 N–H and O–H groups in total. The van der Waals surface area contributed by atoms with E-state index in [9.17, 15) is 18.0 Å². The smallest absolute Gasteiger partial charge is 0.416 e. The number of para-hydroxylation sites is 1. The Hall–Kier alpha value is -4.43. The van der Waals surface area contributed by atoms with Crippen LogP contribution in [0.4, 0.5) is 23.7 Å². The van der Waals surface area contributed by atoms with Crippen molar-refractivity contribution in [3.8, 4) is 11.5 Å². The van der Waals surface area contributed by atoms with Crippen LogP contribution in [0.3, 0.4) is 0 Å². The average molecular weight is 536 g/mol. The number of hydrogen-bond acceptors (Lipinski definition) is 3. The third-order valence-electron chi connectivity index (χ3n) is 5.88. The van der Waals surface area contributed by atoms with Crippen molar-refractivity contribution in [1.29, 1.82) is 0 Å². The summed E-state index contributed by atoms with van der Waals surface area (Å²) in [6.45, 7) is 0. The van der Waals surface area contributed by atoms with Gasteiger partial charge < -0.3 is 10.1 Å². The summed E-state index contributed by atoms with van der Waals surface area (Å²) in [6.07, 6.45) is -2.67. The summed E-state index contributed by atoms with van der Waals surface area (Å²) in [5, 5.41) is 4.72. The molecule has 192 valence electrons. The van der Waals surface area contributed by atoms with Crippen LogP contribution in [0.2, 0.25) is 5.02 Å². The second-order valence-corrected chi connectivity index (χ2v) is 8.94. The lowest BCUT2D eigenvalue weighted by molar-refractivity contribution is -0.137. The maximum absolute atomic E-state index is 13.3. The van der Waals surface area contributed by atoms with E-state index in [4.69, 9.17) is 16.3 Å². The summed E-state index contributed by atoms with van der Waals surface area (Å²) < 4.78 is 45.1. The standard InChI is InChI=1S/C29H21ClF3N3O2/c30-22-12-8-19(9-13-22)26-18-27(20-6-10-21(11-7-20)29(31,32)33)36(35-26)28(37)34-23-14-16-25(17-15-23)38-24-4-2-1-3-5-24/h1-18,27,35H,(H,34,37). The van der Waals surface area contributed by atoms with Gasteiger partial charge in [-0.25, -0.2) is 9.80 Å². The van der Waals surface area contributed by atoms with E-state index in [-0.39, 0.29) is 0 Å². The van der Waals surface area contributed by atoms with E-state index in [2.05, 4.69) is 10.7 Å². The fraction of sp³-hybridized carbons (Fsp3) is 0.0690. The third kappa shape index (κ3) is 5.76. The maximum Gasteiger partial charge on any atom is 0.416 e. The first-order valence-electron chi connectivity index (χ1n) is 11.6. The van der Waals surface area contributed by atoms with E-state index < -0.39 is 23.8 Å². The Morgan fingerprint density at radius 3 is 2.11 bits per heavy atom. The van der Waals surface area contributed by atoms with Crippen LogP contribution in [0.15, 0.2) is 109 Å². The minimum Gasteiger partial charge on any atom is -0.457 e. The van der Waals surface area contributed by atoms with Crippen LogP contribution in [0, 0.1) is 0 Å². The van der Waals surface area contributed by atoms with Gasteiger partial charge in [-0.2, -0.15) is 13.2 Å². The van der Waals surface area contributed by atoms with Gasteiger partial charge in [0.25, 0.3) is 0 Å². The van der Waals surface area contributed by atoms with Crippen molar-refractivity contribution in [3.05, 3.63) is 131 Å². The fourth-order valence-corrected chi connectivity index (χ4v) is 4.09. The van der Waals surface area contributed by atoms with Gasteiger partial charge in [-0.3, -0.25) is 5.43 Å². The number of anilines is 1. The van der Waals surface area contributed by atoms with Gasteiger partial charge in [0.1, 0.15) is 17.5 Å². The van der Waals surface area contributed by atoms with Crippen molar-refractivity contribution in [2.24, 2.45) is 0 Å². The number of carbonyl (C=O) groups excluding carboxylic acids is 1. The Bertz CT molecular complexity index is 1440. The molecule has 9 heteroatoms. The van der Waals surface area contributed by atoms with Crippen molar-refractivity contribution in [3.63, 3.8) is 0 Å². The molecule has 38 heavy (non-hydrogen) atoms. The number of rotatable bonds is 5. The number of ether oxygens (including phenoxy) is 1. The van der Waals surface area contributed by atoms with Crippen LogP contribution in [0.1, 0.15) is 22.7 Å². The Kier molecular flexibility index (Phi) is 6.98. The highest BCUT2D eigenvalue weighted by molar-refractivity contribution is 6.30. The number of urea groups is 1. The molecule has 0 radical (unpaired) electrons. The Morgan fingerprint density at radius 2 is 1.47 bits per heavy atom. The van der Waals surface area contributed by atoms with Crippen LogP contribution in [-0.4, -0.2) is 11.0 Å². The fourth-order valence-electron chi connectivity index (χ4n) is 3.97. The van der Waals surface area contributed by atoms with Gasteiger partial charge in [0.05, 0.1) is 11.3 Å². The van der Waals surface area contributed by atoms with Crippen LogP contribution in [-0.2, 0) is 6.18 Å². The SMILES string of the molecule is O=C(Nc1ccc(Oc2ccccc2)cc1)N1NC(c2ccc(Cl)cc2)=CC1c1ccc(C(F)(F)F)cc1. The Balaban J connectivity index is 1.36. The number of hydrogen-bond donors (Lipinski definition) is 2. The predicted octanol–water partition coefficient (Wildman–Crippen LogP) is 8.29. The van der Waals surface area contributed by atoms with Gasteiger partial charge in [0.15, 0.2) is 0 Å². The van der Waals surface area contributed by atoms with E-state index in [0.717, 1.165) is 17.7 Å². The second-order valence-electron chi connectivity index (χ2n) is 8.50. The van der Waals surface area contributed by atoms with Crippen LogP contribution in [0.5, 0.6) is 11.5 Å². The zero-order chi connectivity index (χ0) is 26.7. The molecule has 5 rings (SSSR count). The first-order valence-corrected chi connectivity index (χ1v) is 12.0. The molecule has 0 aliphatic carbocycles. The monoisotopic (exact) mass is 535 g/mol. The topological polar surface area (TPSA) is 53.6 Å². The lowest BCUT2D eigenvalue weighted by Crippen LogP contribution is -2.42. The van der Waals surface area contributed by atoms with Crippen LogP contribution in [0.25, 0.3) is 5.70 Å². The maximum atomic E-state index is 13.3. The summed E-state index contributed by atoms with van der Waals surface area (Å²) in [4.78, 5) is 13.3. The first-order chi connectivity index (χ1) is 18.3. The number of nitrogens with one attached hydrogen (secondary N) is 2. The van der Waals surface area contributed by atoms with Gasteiger partial charge >= 0.3 is 12.2 Å². The van der Waals surface area contributed by atoms with E-state index in [1.807, 2.05) is 30.3 Å². The van der Waals surface area contributed by atoms with Crippen LogP contribution < -0.4 is 15.5 Å². The lowest BCUT2D eigenvalue weighted by atomic mass is 10.0. The highest BCUT2D eigenvalue weighted by Gasteiger charge is 2.33. The molecule has 2 amide bonds. The number of halogens is 4. The average Bonchev–Trinajstić information content (AvgIpc) is 3.36. The number of nitrogens with zero attached hydrogens (tertiary/aromatic N) is 1. The normalized spacial score (nSPS) is 15.0. The predicted molar refractivity (Wildman–Crippen MR) is 141 cm³/mol. The largest absolute Gasteiger partial charge is 0.457 e. The Morgan fingerprint density at radius 1 is 0.842 bits per heavy atom. The molecule has 1 unspecified atom stereocenters. The zero-order valence-corrected chi connectivity index (χ0v) is 20.5. The van der Waals surface area contributed by atoms with E-state index >= 15 is 0 Å². The first kappa shape index (κ1) is 25.2. The number of amides is 2. The van der Waals surface area contributed by atoms with Gasteiger partial charge in [-0.05, 0) is 77.9 Å². The number of carbonyl (C=O) groups is 1. The molecule has 0 aromatic heterocycles. The highest BCUT2D eigenvalue weighted by atomic mass is 35.5. The molecule has 0 saturated carbocycles. The quantitative estimate of drug-likeness (QED) is 0.270. The number of hydrazine groups is 1. The summed E-state index contributed by atoms with van der Waals surface area (Å²) in [5.41, 5.74) is 4.73. The van der Waals surface area contributed by atoms with Crippen molar-refractivity contribution >= 4 is 29.0 Å². The highest BCUT2D eigenvalue weighted by Crippen LogP contribution is 2.35. The molecule has 0 fully saturated rings. The molecule has 1 heterocycles. The second kappa shape index (κ2) is 10.5. The van der Waals surface area contributed by atoms with Crippen molar-refractivity contribution in [1.82, 2.24) is 10.4 Å². The van der Waals surface area contributed by atoms with Crippen molar-refractivity contribution in [2.45, 2.75) is 12.2 Å². The molecule has 4 aromatic rings. The summed E-state index contributed by atoms with van der Waals surface area (Å²) >= 11 is 6.01. The van der Waals surface area contributed by atoms with Crippen LogP contribution >= 0.6 is 11.6 Å². The van der Waals surface area contributed by atoms with E-state index in [0.29, 0.717) is 33.5 Å². The molecule has 0 saturated heterocycles. The third-order valence-corrected chi connectivity index (χ3v) is 6.13. The van der Waals surface area contributed by atoms with Gasteiger partial charge in [0, 0.05) is 10.7 Å². The zero-order valence-electron chi connectivity index (χ0n) is 19.7. The molecule has 1 aliphatic heterocycles. The van der Waals surface area contributed by atoms with E-state index in [1.165, 1.54) is 17.1 Å². The van der Waals surface area contributed by atoms with Crippen molar-refractivity contribution in [2.75, 3.05) is 5.32 Å².